The maximum atomic E-state index is 13.0. The van der Waals surface area contributed by atoms with Gasteiger partial charge in [-0.15, -0.1) is 0 Å². The molecule has 2 aromatic rings. The summed E-state index contributed by atoms with van der Waals surface area (Å²) in [4.78, 5) is 29.8. The number of nitrogens with one attached hydrogen (secondary N) is 1. The van der Waals surface area contributed by atoms with Crippen LogP contribution >= 0.6 is 11.6 Å². The Morgan fingerprint density at radius 2 is 2.06 bits per heavy atom. The number of carbonyl (C=O) groups excluding carboxylic acids is 1. The van der Waals surface area contributed by atoms with Gasteiger partial charge in [0.2, 0.25) is 0 Å². The Balaban J connectivity index is 1.52. The van der Waals surface area contributed by atoms with Crippen molar-refractivity contribution in [3.63, 3.8) is 0 Å². The zero-order valence-corrected chi connectivity index (χ0v) is 19.4. The number of rotatable bonds is 5. The summed E-state index contributed by atoms with van der Waals surface area (Å²) < 4.78 is 25.9. The lowest BCUT2D eigenvalue weighted by molar-refractivity contribution is 0.102. The molecule has 7 nitrogen and oxygen atoms in total. The third-order valence-corrected chi connectivity index (χ3v) is 7.12. The topological polar surface area (TPSA) is 98.1 Å². The molecule has 2 aliphatic rings. The van der Waals surface area contributed by atoms with Crippen molar-refractivity contribution in [1.82, 2.24) is 9.55 Å². The number of aromatic nitrogens is 2. The number of hydrogen-bond acceptors (Lipinski definition) is 5. The minimum Gasteiger partial charge on any atom is -0.317 e. The molecule has 2 unspecified atom stereocenters. The Hall–Kier alpha value is -3.23. The first kappa shape index (κ1) is 22.9. The molecule has 9 heteroatoms. The lowest BCUT2D eigenvalue weighted by Crippen LogP contribution is -2.28. The fraction of sp³-hybridized carbons (Fsp3) is 0.208. The van der Waals surface area contributed by atoms with Crippen molar-refractivity contribution in [3.8, 4) is 0 Å². The molecule has 4 rings (SSSR count). The molecule has 0 spiro atoms. The molecule has 0 saturated heterocycles. The van der Waals surface area contributed by atoms with Crippen LogP contribution in [0.3, 0.4) is 0 Å². The number of carbonyl (C=O) groups is 1. The Kier molecular flexibility index (Phi) is 6.49. The summed E-state index contributed by atoms with van der Waals surface area (Å²) in [5, 5.41) is 2.90. The van der Waals surface area contributed by atoms with E-state index in [2.05, 4.69) is 10.3 Å². The summed E-state index contributed by atoms with van der Waals surface area (Å²) in [6.45, 7) is 0. The Bertz CT molecular complexity index is 1370. The van der Waals surface area contributed by atoms with Gasteiger partial charge in [-0.1, -0.05) is 42.0 Å². The summed E-state index contributed by atoms with van der Waals surface area (Å²) in [6.07, 6.45) is 16.5. The van der Waals surface area contributed by atoms with Crippen molar-refractivity contribution < 1.29 is 13.2 Å². The zero-order valence-electron chi connectivity index (χ0n) is 17.8. The Morgan fingerprint density at radius 3 is 2.73 bits per heavy atom. The zero-order chi connectivity index (χ0) is 23.6. The first-order valence-electron chi connectivity index (χ1n) is 10.3. The van der Waals surface area contributed by atoms with E-state index >= 15 is 0 Å². The normalized spacial score (nSPS) is 20.2. The van der Waals surface area contributed by atoms with Crippen LogP contribution < -0.4 is 10.9 Å². The lowest BCUT2D eigenvalue weighted by atomic mass is 9.87. The van der Waals surface area contributed by atoms with Gasteiger partial charge in [0.15, 0.2) is 9.84 Å². The summed E-state index contributed by atoms with van der Waals surface area (Å²) in [5.41, 5.74) is 1.02. The Morgan fingerprint density at radius 1 is 1.24 bits per heavy atom. The molecule has 0 fully saturated rings. The molecule has 1 N–H and O–H groups in total. The van der Waals surface area contributed by atoms with E-state index < -0.39 is 15.7 Å². The van der Waals surface area contributed by atoms with Gasteiger partial charge in [0, 0.05) is 24.6 Å². The minimum atomic E-state index is -3.31. The molecule has 0 bridgehead atoms. The van der Waals surface area contributed by atoms with Crippen LogP contribution in [0.4, 0.5) is 5.69 Å². The van der Waals surface area contributed by atoms with Gasteiger partial charge in [-0.3, -0.25) is 9.59 Å². The molecule has 1 amide bonds. The van der Waals surface area contributed by atoms with Crippen molar-refractivity contribution >= 4 is 33.0 Å². The molecule has 0 saturated carbocycles. The number of sulfone groups is 1. The number of nitrogens with zero attached hydrogens (tertiary/aromatic N) is 2. The molecular weight excluding hydrogens is 462 g/mol. The predicted molar refractivity (Wildman–Crippen MR) is 129 cm³/mol. The second-order valence-corrected chi connectivity index (χ2v) is 10.3. The van der Waals surface area contributed by atoms with Crippen LogP contribution in [0, 0.1) is 5.92 Å². The molecule has 2 aromatic heterocycles. The van der Waals surface area contributed by atoms with Crippen LogP contribution in [0.5, 0.6) is 0 Å². The van der Waals surface area contributed by atoms with E-state index in [1.54, 1.807) is 35.0 Å². The van der Waals surface area contributed by atoms with Gasteiger partial charge in [0.1, 0.15) is 10.8 Å². The number of hydrogen-bond donors (Lipinski definition) is 1. The molecule has 33 heavy (non-hydrogen) atoms. The van der Waals surface area contributed by atoms with Crippen LogP contribution in [-0.4, -0.2) is 30.1 Å². The van der Waals surface area contributed by atoms with Gasteiger partial charge < -0.3 is 9.88 Å². The number of halogens is 1. The average molecular weight is 484 g/mol. The van der Waals surface area contributed by atoms with E-state index in [9.17, 15) is 18.0 Å². The second kappa shape index (κ2) is 9.33. The number of anilines is 1. The van der Waals surface area contributed by atoms with Gasteiger partial charge in [0.05, 0.1) is 16.5 Å². The van der Waals surface area contributed by atoms with Crippen molar-refractivity contribution in [2.75, 3.05) is 11.6 Å². The van der Waals surface area contributed by atoms with Crippen LogP contribution in [0.1, 0.15) is 29.2 Å². The lowest BCUT2D eigenvalue weighted by Gasteiger charge is -2.26. The SMILES string of the molecule is CS(=O)(=O)C1=CC=CCC1C1=CCC(n2cccc(NC(=O)c3ccc(Cl)nc3)c2=O)C=C1. The van der Waals surface area contributed by atoms with Gasteiger partial charge in [-0.05, 0) is 48.8 Å². The molecule has 0 radical (unpaired) electrons. The molecule has 2 heterocycles. The van der Waals surface area contributed by atoms with Crippen molar-refractivity contribution in [2.45, 2.75) is 18.9 Å². The van der Waals surface area contributed by atoms with E-state index in [1.165, 1.54) is 24.6 Å². The summed E-state index contributed by atoms with van der Waals surface area (Å²) in [7, 11) is -3.31. The van der Waals surface area contributed by atoms with Gasteiger partial charge in [0.25, 0.3) is 11.5 Å². The maximum Gasteiger partial charge on any atom is 0.274 e. The summed E-state index contributed by atoms with van der Waals surface area (Å²) in [5.74, 6) is -0.682. The van der Waals surface area contributed by atoms with E-state index in [4.69, 9.17) is 11.6 Å². The Labute approximate surface area is 196 Å². The average Bonchev–Trinajstić information content (AvgIpc) is 2.80. The highest BCUT2D eigenvalue weighted by Gasteiger charge is 2.27. The highest BCUT2D eigenvalue weighted by atomic mass is 35.5. The summed E-state index contributed by atoms with van der Waals surface area (Å²) >= 11 is 5.76. The van der Waals surface area contributed by atoms with Crippen LogP contribution in [0.25, 0.3) is 0 Å². The monoisotopic (exact) mass is 483 g/mol. The molecular formula is C24H22ClN3O4S. The van der Waals surface area contributed by atoms with Crippen molar-refractivity contribution in [3.05, 3.63) is 105 Å². The number of pyridine rings is 2. The highest BCUT2D eigenvalue weighted by Crippen LogP contribution is 2.35. The first-order valence-corrected chi connectivity index (χ1v) is 12.6. The number of allylic oxidation sites excluding steroid dienone is 8. The van der Waals surface area contributed by atoms with E-state index in [-0.39, 0.29) is 33.9 Å². The number of amides is 1. The third-order valence-electron chi connectivity index (χ3n) is 5.62. The first-order chi connectivity index (χ1) is 15.7. The van der Waals surface area contributed by atoms with Crippen LogP contribution in [-0.2, 0) is 9.84 Å². The minimum absolute atomic E-state index is 0.153. The fourth-order valence-corrected chi connectivity index (χ4v) is 5.14. The smallest absolute Gasteiger partial charge is 0.274 e. The van der Waals surface area contributed by atoms with Gasteiger partial charge >= 0.3 is 0 Å². The molecule has 0 aliphatic heterocycles. The summed E-state index contributed by atoms with van der Waals surface area (Å²) in [6, 6.07) is 6.02. The molecule has 0 aromatic carbocycles. The quantitative estimate of drug-likeness (QED) is 0.646. The largest absolute Gasteiger partial charge is 0.317 e. The van der Waals surface area contributed by atoms with Crippen molar-refractivity contribution in [2.24, 2.45) is 5.92 Å². The predicted octanol–water partition coefficient (Wildman–Crippen LogP) is 4.08. The highest BCUT2D eigenvalue weighted by molar-refractivity contribution is 7.94. The fourth-order valence-electron chi connectivity index (χ4n) is 3.95. The van der Waals surface area contributed by atoms with Crippen LogP contribution in [0.2, 0.25) is 5.15 Å². The van der Waals surface area contributed by atoms with E-state index in [0.29, 0.717) is 17.7 Å². The standard InChI is InChI=1S/C24H22ClN3O4S/c1-33(31,32)21-7-3-2-5-19(21)16-8-11-18(12-9-16)28-14-4-6-20(24(28)30)27-23(29)17-10-13-22(25)26-15-17/h2-4,6-11,13-15,18-19H,5,12H2,1H3,(H,27,29). The molecule has 2 atom stereocenters. The molecule has 2 aliphatic carbocycles. The van der Waals surface area contributed by atoms with E-state index in [0.717, 1.165) is 5.57 Å². The van der Waals surface area contributed by atoms with Crippen LogP contribution in [0.15, 0.2) is 88.4 Å². The van der Waals surface area contributed by atoms with Crippen molar-refractivity contribution in [1.29, 1.82) is 0 Å². The van der Waals surface area contributed by atoms with Gasteiger partial charge in [-0.2, -0.15) is 0 Å². The third kappa shape index (κ3) is 5.07. The van der Waals surface area contributed by atoms with Gasteiger partial charge in [-0.25, -0.2) is 13.4 Å². The van der Waals surface area contributed by atoms with E-state index in [1.807, 2.05) is 24.3 Å². The molecule has 170 valence electrons. The maximum absolute atomic E-state index is 13.0. The second-order valence-electron chi connectivity index (χ2n) is 7.88.